The van der Waals surface area contributed by atoms with E-state index in [-0.39, 0.29) is 12.1 Å². The molecule has 17 heavy (non-hydrogen) atoms. The number of benzene rings is 1. The van der Waals surface area contributed by atoms with Crippen molar-refractivity contribution in [1.82, 2.24) is 4.90 Å². The van der Waals surface area contributed by atoms with Gasteiger partial charge >= 0.3 is 5.97 Å². The number of esters is 1. The van der Waals surface area contributed by atoms with Gasteiger partial charge in [0.2, 0.25) is 0 Å². The monoisotopic (exact) mass is 233 g/mol. The predicted octanol–water partition coefficient (Wildman–Crippen LogP) is 2.04. The van der Waals surface area contributed by atoms with E-state index in [1.54, 1.807) is 0 Å². The Labute approximate surface area is 102 Å². The van der Waals surface area contributed by atoms with Crippen LogP contribution in [-0.2, 0) is 9.53 Å². The molecular weight excluding hydrogens is 214 g/mol. The molecule has 1 fully saturated rings. The van der Waals surface area contributed by atoms with Crippen LogP contribution in [0.3, 0.4) is 0 Å². The number of piperidine rings is 1. The summed E-state index contributed by atoms with van der Waals surface area (Å²) in [6, 6.07) is 10.4. The third-order valence-electron chi connectivity index (χ3n) is 3.20. The average molecular weight is 233 g/mol. The van der Waals surface area contributed by atoms with E-state index in [4.69, 9.17) is 4.74 Å². The number of nitrogens with zero attached hydrogens (tertiary/aromatic N) is 1. The molecule has 3 heteroatoms. The Morgan fingerprint density at radius 2 is 2.00 bits per heavy atom. The van der Waals surface area contributed by atoms with Gasteiger partial charge in [0.1, 0.15) is 6.10 Å². The zero-order valence-corrected chi connectivity index (χ0v) is 10.4. The van der Waals surface area contributed by atoms with Crippen molar-refractivity contribution in [1.29, 1.82) is 0 Å². The van der Waals surface area contributed by atoms with Crippen molar-refractivity contribution in [2.75, 3.05) is 20.1 Å². The lowest BCUT2D eigenvalue weighted by atomic mass is 9.89. The highest BCUT2D eigenvalue weighted by atomic mass is 16.5. The van der Waals surface area contributed by atoms with Crippen LogP contribution in [0.4, 0.5) is 0 Å². The molecule has 2 atom stereocenters. The molecule has 0 aromatic heterocycles. The molecule has 0 spiro atoms. The Hall–Kier alpha value is -1.35. The first kappa shape index (κ1) is 12.1. The van der Waals surface area contributed by atoms with Gasteiger partial charge in [-0.05, 0) is 19.0 Å². The lowest BCUT2D eigenvalue weighted by Crippen LogP contribution is -2.41. The molecule has 0 bridgehead atoms. The summed E-state index contributed by atoms with van der Waals surface area (Å²) in [5.41, 5.74) is 1.33. The van der Waals surface area contributed by atoms with Crippen LogP contribution in [0.15, 0.2) is 30.3 Å². The van der Waals surface area contributed by atoms with Crippen molar-refractivity contribution in [2.24, 2.45) is 0 Å². The smallest absolute Gasteiger partial charge is 0.302 e. The first-order valence-electron chi connectivity index (χ1n) is 6.06. The SMILES string of the molecule is CC(=O)OC1CC(c2ccccc2)CN(C)C1. The summed E-state index contributed by atoms with van der Waals surface area (Å²) in [6.07, 6.45) is 0.949. The largest absolute Gasteiger partial charge is 0.461 e. The van der Waals surface area contributed by atoms with Crippen LogP contribution in [-0.4, -0.2) is 37.1 Å². The minimum atomic E-state index is -0.183. The molecule has 1 aromatic carbocycles. The van der Waals surface area contributed by atoms with Gasteiger partial charge in [-0.3, -0.25) is 4.79 Å². The van der Waals surface area contributed by atoms with Crippen molar-refractivity contribution < 1.29 is 9.53 Å². The molecule has 1 aliphatic heterocycles. The molecule has 1 aliphatic rings. The van der Waals surface area contributed by atoms with Crippen molar-refractivity contribution in [3.05, 3.63) is 35.9 Å². The second-order valence-corrected chi connectivity index (χ2v) is 4.80. The van der Waals surface area contributed by atoms with Crippen LogP contribution in [0, 0.1) is 0 Å². The van der Waals surface area contributed by atoms with E-state index in [0.29, 0.717) is 5.92 Å². The summed E-state index contributed by atoms with van der Waals surface area (Å²) >= 11 is 0. The number of hydrogen-bond donors (Lipinski definition) is 0. The first-order valence-corrected chi connectivity index (χ1v) is 6.06. The number of rotatable bonds is 2. The van der Waals surface area contributed by atoms with Crippen LogP contribution >= 0.6 is 0 Å². The summed E-state index contributed by atoms with van der Waals surface area (Å²) in [7, 11) is 2.07. The van der Waals surface area contributed by atoms with Gasteiger partial charge in [-0.2, -0.15) is 0 Å². The molecule has 0 aliphatic carbocycles. The van der Waals surface area contributed by atoms with Gasteiger partial charge in [0.05, 0.1) is 0 Å². The molecule has 1 saturated heterocycles. The number of carbonyl (C=O) groups is 1. The zero-order chi connectivity index (χ0) is 12.3. The third kappa shape index (κ3) is 3.30. The van der Waals surface area contributed by atoms with Crippen LogP contribution in [0.25, 0.3) is 0 Å². The molecule has 0 N–H and O–H groups in total. The molecule has 92 valence electrons. The van der Waals surface area contributed by atoms with Crippen molar-refractivity contribution in [3.63, 3.8) is 0 Å². The van der Waals surface area contributed by atoms with Gasteiger partial charge in [0.25, 0.3) is 0 Å². The second-order valence-electron chi connectivity index (χ2n) is 4.80. The fraction of sp³-hybridized carbons (Fsp3) is 0.500. The number of likely N-dealkylation sites (tertiary alicyclic amines) is 1. The quantitative estimate of drug-likeness (QED) is 0.732. The molecular formula is C14H19NO2. The van der Waals surface area contributed by atoms with Gasteiger partial charge in [0, 0.05) is 25.9 Å². The van der Waals surface area contributed by atoms with E-state index < -0.39 is 0 Å². The lowest BCUT2D eigenvalue weighted by molar-refractivity contribution is -0.148. The van der Waals surface area contributed by atoms with Crippen molar-refractivity contribution in [2.45, 2.75) is 25.4 Å². The normalized spacial score (nSPS) is 25.5. The highest BCUT2D eigenvalue weighted by molar-refractivity contribution is 5.66. The van der Waals surface area contributed by atoms with Gasteiger partial charge in [0.15, 0.2) is 0 Å². The number of hydrogen-bond acceptors (Lipinski definition) is 3. The zero-order valence-electron chi connectivity index (χ0n) is 10.4. The van der Waals surface area contributed by atoms with Crippen LogP contribution in [0.1, 0.15) is 24.8 Å². The third-order valence-corrected chi connectivity index (χ3v) is 3.20. The van der Waals surface area contributed by atoms with E-state index in [2.05, 4.69) is 36.2 Å². The fourth-order valence-electron chi connectivity index (χ4n) is 2.55. The highest BCUT2D eigenvalue weighted by Crippen LogP contribution is 2.27. The lowest BCUT2D eigenvalue weighted by Gasteiger charge is -2.35. The maximum atomic E-state index is 11.0. The molecule has 3 nitrogen and oxygen atoms in total. The summed E-state index contributed by atoms with van der Waals surface area (Å²) in [4.78, 5) is 13.3. The maximum absolute atomic E-state index is 11.0. The number of carbonyl (C=O) groups excluding carboxylic acids is 1. The fourth-order valence-corrected chi connectivity index (χ4v) is 2.55. The number of ether oxygens (including phenoxy) is 1. The molecule has 0 radical (unpaired) electrons. The Morgan fingerprint density at radius 1 is 1.29 bits per heavy atom. The van der Waals surface area contributed by atoms with E-state index >= 15 is 0 Å². The molecule has 0 saturated carbocycles. The van der Waals surface area contributed by atoms with E-state index in [1.807, 2.05) is 6.07 Å². The Kier molecular flexibility index (Phi) is 3.79. The highest BCUT2D eigenvalue weighted by Gasteiger charge is 2.27. The van der Waals surface area contributed by atoms with E-state index in [0.717, 1.165) is 19.5 Å². The molecule has 1 aromatic rings. The van der Waals surface area contributed by atoms with Gasteiger partial charge < -0.3 is 9.64 Å². The van der Waals surface area contributed by atoms with E-state index in [1.165, 1.54) is 12.5 Å². The first-order chi connectivity index (χ1) is 8.15. The van der Waals surface area contributed by atoms with Crippen LogP contribution < -0.4 is 0 Å². The van der Waals surface area contributed by atoms with Crippen LogP contribution in [0.5, 0.6) is 0 Å². The van der Waals surface area contributed by atoms with Gasteiger partial charge in [-0.15, -0.1) is 0 Å². The minimum absolute atomic E-state index is 0.0245. The maximum Gasteiger partial charge on any atom is 0.302 e. The summed E-state index contributed by atoms with van der Waals surface area (Å²) in [5.74, 6) is 0.274. The predicted molar refractivity (Wildman–Crippen MR) is 66.9 cm³/mol. The van der Waals surface area contributed by atoms with Crippen molar-refractivity contribution >= 4 is 5.97 Å². The van der Waals surface area contributed by atoms with Crippen LogP contribution in [0.2, 0.25) is 0 Å². The molecule has 0 amide bonds. The molecule has 2 rings (SSSR count). The summed E-state index contributed by atoms with van der Waals surface area (Å²) in [6.45, 7) is 3.34. The van der Waals surface area contributed by atoms with Gasteiger partial charge in [-0.1, -0.05) is 30.3 Å². The van der Waals surface area contributed by atoms with Gasteiger partial charge in [-0.25, -0.2) is 0 Å². The Balaban J connectivity index is 2.06. The Bertz CT molecular complexity index is 377. The topological polar surface area (TPSA) is 29.5 Å². The second kappa shape index (κ2) is 5.32. The van der Waals surface area contributed by atoms with E-state index in [9.17, 15) is 4.79 Å². The standard InChI is InChI=1S/C14H19NO2/c1-11(16)17-14-8-13(9-15(2)10-14)12-6-4-3-5-7-12/h3-7,13-14H,8-10H2,1-2H3. The van der Waals surface area contributed by atoms with Crippen molar-refractivity contribution in [3.8, 4) is 0 Å². The minimum Gasteiger partial charge on any atom is -0.461 e. The summed E-state index contributed by atoms with van der Waals surface area (Å²) in [5, 5.41) is 0. The number of likely N-dealkylation sites (N-methyl/N-ethyl adjacent to an activating group) is 1. The Morgan fingerprint density at radius 3 is 2.65 bits per heavy atom. The average Bonchev–Trinajstić information content (AvgIpc) is 2.28. The summed E-state index contributed by atoms with van der Waals surface area (Å²) < 4.78 is 5.33. The molecule has 2 unspecified atom stereocenters. The molecule has 1 heterocycles.